The molecule has 0 fully saturated rings. The van der Waals surface area contributed by atoms with Crippen molar-refractivity contribution in [1.82, 2.24) is 0 Å². The van der Waals surface area contributed by atoms with Crippen molar-refractivity contribution >= 4 is 0 Å². The summed E-state index contributed by atoms with van der Waals surface area (Å²) in [6.45, 7) is 4.26. The van der Waals surface area contributed by atoms with Gasteiger partial charge in [-0.2, -0.15) is 0 Å². The second-order valence-electron chi connectivity index (χ2n) is 2.58. The molecule has 0 spiro atoms. The van der Waals surface area contributed by atoms with E-state index in [4.69, 9.17) is 0 Å². The number of hydrogen-bond donors (Lipinski definition) is 1. The molecule has 1 atom stereocenters. The van der Waals surface area contributed by atoms with E-state index in [1.165, 1.54) is 12.8 Å². The van der Waals surface area contributed by atoms with E-state index in [0.29, 0.717) is 0 Å². The Balaban J connectivity index is 2.95. The summed E-state index contributed by atoms with van der Waals surface area (Å²) in [4.78, 5) is 0. The Morgan fingerprint density at radius 3 is 2.22 bits per heavy atom. The maximum absolute atomic E-state index is 9.18. The summed E-state index contributed by atoms with van der Waals surface area (Å²) in [5, 5.41) is 9.18. The first-order valence-corrected chi connectivity index (χ1v) is 3.99. The average Bonchev–Trinajstić information content (AvgIpc) is 1.85. The SMILES string of the molecule is CCCC[C@@H](O)CCC. The maximum atomic E-state index is 9.18. The molecule has 0 heterocycles. The molecule has 1 heteroatoms. The molecule has 0 rings (SSSR count). The Kier molecular flexibility index (Phi) is 6.06. The largest absolute Gasteiger partial charge is 0.393 e. The van der Waals surface area contributed by atoms with Gasteiger partial charge in [-0.3, -0.25) is 0 Å². The molecule has 0 amide bonds. The van der Waals surface area contributed by atoms with E-state index in [1.54, 1.807) is 0 Å². The predicted octanol–water partition coefficient (Wildman–Crippen LogP) is 2.34. The Labute approximate surface area is 58.1 Å². The van der Waals surface area contributed by atoms with Gasteiger partial charge in [0.1, 0.15) is 0 Å². The molecule has 56 valence electrons. The Hall–Kier alpha value is -0.0400. The minimum absolute atomic E-state index is 0.0325. The van der Waals surface area contributed by atoms with Crippen molar-refractivity contribution in [1.29, 1.82) is 0 Å². The van der Waals surface area contributed by atoms with Gasteiger partial charge >= 0.3 is 0 Å². The van der Waals surface area contributed by atoms with Gasteiger partial charge in [0.2, 0.25) is 0 Å². The fraction of sp³-hybridized carbons (Fsp3) is 1.00. The minimum Gasteiger partial charge on any atom is -0.393 e. The van der Waals surface area contributed by atoms with Crippen LogP contribution in [0.15, 0.2) is 0 Å². The van der Waals surface area contributed by atoms with Gasteiger partial charge in [-0.1, -0.05) is 33.1 Å². The third-order valence-electron chi connectivity index (χ3n) is 1.51. The van der Waals surface area contributed by atoms with E-state index in [0.717, 1.165) is 19.3 Å². The van der Waals surface area contributed by atoms with Crippen LogP contribution >= 0.6 is 0 Å². The average molecular weight is 130 g/mol. The molecule has 0 bridgehead atoms. The summed E-state index contributed by atoms with van der Waals surface area (Å²) in [5.41, 5.74) is 0. The number of hydrogen-bond acceptors (Lipinski definition) is 1. The zero-order chi connectivity index (χ0) is 7.11. The van der Waals surface area contributed by atoms with Crippen molar-refractivity contribution in [2.24, 2.45) is 0 Å². The highest BCUT2D eigenvalue weighted by Crippen LogP contribution is 2.05. The lowest BCUT2D eigenvalue weighted by molar-refractivity contribution is 0.150. The minimum atomic E-state index is -0.0325. The van der Waals surface area contributed by atoms with Crippen molar-refractivity contribution < 1.29 is 5.11 Å². The molecule has 9 heavy (non-hydrogen) atoms. The molecule has 0 aliphatic carbocycles. The van der Waals surface area contributed by atoms with Crippen molar-refractivity contribution in [3.05, 3.63) is 0 Å². The summed E-state index contributed by atoms with van der Waals surface area (Å²) in [6, 6.07) is 0. The lowest BCUT2D eigenvalue weighted by atomic mass is 10.1. The highest BCUT2D eigenvalue weighted by molar-refractivity contribution is 4.52. The van der Waals surface area contributed by atoms with Crippen LogP contribution in [0.5, 0.6) is 0 Å². The smallest absolute Gasteiger partial charge is 0.0540 e. The zero-order valence-electron chi connectivity index (χ0n) is 6.56. The van der Waals surface area contributed by atoms with E-state index in [9.17, 15) is 5.11 Å². The third kappa shape index (κ3) is 5.84. The van der Waals surface area contributed by atoms with Crippen LogP contribution in [0.2, 0.25) is 0 Å². The van der Waals surface area contributed by atoms with Crippen molar-refractivity contribution in [3.63, 3.8) is 0 Å². The van der Waals surface area contributed by atoms with Crippen molar-refractivity contribution in [3.8, 4) is 0 Å². The van der Waals surface area contributed by atoms with Gasteiger partial charge < -0.3 is 5.11 Å². The topological polar surface area (TPSA) is 20.2 Å². The summed E-state index contributed by atoms with van der Waals surface area (Å²) in [7, 11) is 0. The molecule has 0 unspecified atom stereocenters. The zero-order valence-corrected chi connectivity index (χ0v) is 6.56. The lowest BCUT2D eigenvalue weighted by Crippen LogP contribution is -2.04. The van der Waals surface area contributed by atoms with Crippen LogP contribution in [0, 0.1) is 0 Å². The van der Waals surface area contributed by atoms with Gasteiger partial charge in [-0.05, 0) is 12.8 Å². The molecule has 0 aliphatic rings. The van der Waals surface area contributed by atoms with Crippen LogP contribution in [0.1, 0.15) is 46.0 Å². The van der Waals surface area contributed by atoms with Gasteiger partial charge in [0.05, 0.1) is 6.10 Å². The normalized spacial score (nSPS) is 13.7. The highest BCUT2D eigenvalue weighted by Gasteiger charge is 1.99. The van der Waals surface area contributed by atoms with E-state index in [1.807, 2.05) is 0 Å². The first-order chi connectivity index (χ1) is 4.31. The quantitative estimate of drug-likeness (QED) is 0.605. The van der Waals surface area contributed by atoms with Gasteiger partial charge in [-0.25, -0.2) is 0 Å². The van der Waals surface area contributed by atoms with Crippen LogP contribution in [0.4, 0.5) is 0 Å². The number of aliphatic hydroxyl groups excluding tert-OH is 1. The lowest BCUT2D eigenvalue weighted by Gasteiger charge is -2.06. The number of rotatable bonds is 5. The van der Waals surface area contributed by atoms with Crippen LogP contribution in [0.25, 0.3) is 0 Å². The highest BCUT2D eigenvalue weighted by atomic mass is 16.3. The van der Waals surface area contributed by atoms with Gasteiger partial charge in [-0.15, -0.1) is 0 Å². The molecule has 0 saturated carbocycles. The van der Waals surface area contributed by atoms with E-state index >= 15 is 0 Å². The fourth-order valence-corrected chi connectivity index (χ4v) is 0.917. The first kappa shape index (κ1) is 8.96. The molecular formula is C8H18O. The Morgan fingerprint density at radius 1 is 1.11 bits per heavy atom. The number of aliphatic hydroxyl groups is 1. The molecule has 1 nitrogen and oxygen atoms in total. The summed E-state index contributed by atoms with van der Waals surface area (Å²) in [6.07, 6.45) is 5.40. The Bertz CT molecular complexity index is 52.5. The second kappa shape index (κ2) is 6.09. The standard InChI is InChI=1S/C8H18O/c1-3-5-7-8(9)6-4-2/h8-9H,3-7H2,1-2H3/t8-/m0/s1. The van der Waals surface area contributed by atoms with Crippen molar-refractivity contribution in [2.45, 2.75) is 52.1 Å². The van der Waals surface area contributed by atoms with Crippen LogP contribution in [0.3, 0.4) is 0 Å². The fourth-order valence-electron chi connectivity index (χ4n) is 0.917. The number of unbranched alkanes of at least 4 members (excludes halogenated alkanes) is 1. The second-order valence-corrected chi connectivity index (χ2v) is 2.58. The summed E-state index contributed by atoms with van der Waals surface area (Å²) < 4.78 is 0. The molecule has 0 aromatic rings. The van der Waals surface area contributed by atoms with Gasteiger partial charge in [0, 0.05) is 0 Å². The molecule has 0 aliphatic heterocycles. The van der Waals surface area contributed by atoms with Crippen LogP contribution < -0.4 is 0 Å². The molecule has 0 aromatic heterocycles. The maximum Gasteiger partial charge on any atom is 0.0540 e. The van der Waals surface area contributed by atoms with E-state index < -0.39 is 0 Å². The summed E-state index contributed by atoms with van der Waals surface area (Å²) >= 11 is 0. The van der Waals surface area contributed by atoms with E-state index in [2.05, 4.69) is 13.8 Å². The third-order valence-corrected chi connectivity index (χ3v) is 1.51. The first-order valence-electron chi connectivity index (χ1n) is 3.99. The molecule has 0 aromatic carbocycles. The monoisotopic (exact) mass is 130 g/mol. The molecule has 0 saturated heterocycles. The molecular weight excluding hydrogens is 112 g/mol. The van der Waals surface area contributed by atoms with Crippen LogP contribution in [-0.2, 0) is 0 Å². The van der Waals surface area contributed by atoms with Crippen LogP contribution in [-0.4, -0.2) is 11.2 Å². The molecule has 0 radical (unpaired) electrons. The Morgan fingerprint density at radius 2 is 1.78 bits per heavy atom. The van der Waals surface area contributed by atoms with Gasteiger partial charge in [0.25, 0.3) is 0 Å². The van der Waals surface area contributed by atoms with Gasteiger partial charge in [0.15, 0.2) is 0 Å². The predicted molar refractivity (Wildman–Crippen MR) is 40.4 cm³/mol. The van der Waals surface area contributed by atoms with Crippen molar-refractivity contribution in [2.75, 3.05) is 0 Å². The summed E-state index contributed by atoms with van der Waals surface area (Å²) in [5.74, 6) is 0. The van der Waals surface area contributed by atoms with E-state index in [-0.39, 0.29) is 6.10 Å². The molecule has 1 N–H and O–H groups in total.